The van der Waals surface area contributed by atoms with Gasteiger partial charge in [0.15, 0.2) is 0 Å². The van der Waals surface area contributed by atoms with Crippen LogP contribution in [0.5, 0.6) is 5.75 Å². The van der Waals surface area contributed by atoms with Gasteiger partial charge < -0.3 is 19.9 Å². The SMILES string of the molecule is COC(=O)C1=C(C(=O)OC)N(c2cc([N+](=O)[O-])ccc2OCC(F)F)C(N)=C(C#N)C1c1ccccc1. The van der Waals surface area contributed by atoms with Crippen molar-refractivity contribution in [2.24, 2.45) is 5.73 Å². The highest BCUT2D eigenvalue weighted by Gasteiger charge is 2.44. The predicted octanol–water partition coefficient (Wildman–Crippen LogP) is 3.14. The number of nitriles is 1. The maximum atomic E-state index is 13.1. The van der Waals surface area contributed by atoms with E-state index in [0.29, 0.717) is 5.56 Å². The fourth-order valence-electron chi connectivity index (χ4n) is 3.83. The Bertz CT molecular complexity index is 1340. The summed E-state index contributed by atoms with van der Waals surface area (Å²) in [6.45, 7) is -1.10. The largest absolute Gasteiger partial charge is 0.485 e. The maximum absolute atomic E-state index is 13.1. The lowest BCUT2D eigenvalue weighted by atomic mass is 9.81. The molecule has 0 aromatic heterocycles. The molecule has 0 spiro atoms. The summed E-state index contributed by atoms with van der Waals surface area (Å²) in [6.07, 6.45) is -2.91. The van der Waals surface area contributed by atoms with E-state index in [1.165, 1.54) is 0 Å². The van der Waals surface area contributed by atoms with Crippen LogP contribution in [0.1, 0.15) is 11.5 Å². The van der Waals surface area contributed by atoms with E-state index in [-0.39, 0.29) is 22.6 Å². The number of nitro groups is 1. The summed E-state index contributed by atoms with van der Waals surface area (Å²) in [5.74, 6) is -4.08. The van der Waals surface area contributed by atoms with Gasteiger partial charge in [-0.15, -0.1) is 0 Å². The second-order valence-electron chi connectivity index (χ2n) is 7.45. The van der Waals surface area contributed by atoms with E-state index in [1.807, 2.05) is 6.07 Å². The van der Waals surface area contributed by atoms with E-state index in [1.54, 1.807) is 30.3 Å². The number of methoxy groups -OCH3 is 2. The number of benzene rings is 2. The lowest BCUT2D eigenvalue weighted by Gasteiger charge is -2.36. The molecule has 0 bridgehead atoms. The highest BCUT2D eigenvalue weighted by Crippen LogP contribution is 2.46. The minimum atomic E-state index is -2.91. The number of allylic oxidation sites excluding steroid dienone is 1. The number of ether oxygens (including phenoxy) is 3. The van der Waals surface area contributed by atoms with Crippen molar-refractivity contribution in [1.82, 2.24) is 0 Å². The Morgan fingerprint density at radius 2 is 1.81 bits per heavy atom. The molecule has 0 aliphatic carbocycles. The number of hydrogen-bond donors (Lipinski definition) is 1. The third kappa shape index (κ3) is 5.18. The predicted molar refractivity (Wildman–Crippen MR) is 124 cm³/mol. The lowest BCUT2D eigenvalue weighted by molar-refractivity contribution is -0.384. The van der Waals surface area contributed by atoms with Crippen molar-refractivity contribution in [3.63, 3.8) is 0 Å². The molecule has 2 aromatic rings. The van der Waals surface area contributed by atoms with Crippen molar-refractivity contribution < 1.29 is 37.5 Å². The molecule has 11 nitrogen and oxygen atoms in total. The molecule has 0 amide bonds. The molecule has 1 atom stereocenters. The molecule has 37 heavy (non-hydrogen) atoms. The highest BCUT2D eigenvalue weighted by molar-refractivity contribution is 6.06. The number of nitro benzene ring substituents is 1. The van der Waals surface area contributed by atoms with Crippen molar-refractivity contribution in [2.45, 2.75) is 12.3 Å². The number of nitrogens with two attached hydrogens (primary N) is 1. The summed E-state index contributed by atoms with van der Waals surface area (Å²) in [7, 11) is 2.07. The molecular formula is C24H20F2N4O7. The molecule has 2 N–H and O–H groups in total. The van der Waals surface area contributed by atoms with Crippen LogP contribution in [0.4, 0.5) is 20.2 Å². The minimum Gasteiger partial charge on any atom is -0.485 e. The Labute approximate surface area is 209 Å². The fourth-order valence-corrected chi connectivity index (χ4v) is 3.83. The summed E-state index contributed by atoms with van der Waals surface area (Å²) in [5.41, 5.74) is 4.76. The van der Waals surface area contributed by atoms with Crippen LogP contribution in [-0.2, 0) is 19.1 Å². The number of carbonyl (C=O) groups is 2. The van der Waals surface area contributed by atoms with Crippen molar-refractivity contribution in [3.05, 3.63) is 86.9 Å². The first-order valence-electron chi connectivity index (χ1n) is 10.5. The van der Waals surface area contributed by atoms with Crippen LogP contribution in [0.2, 0.25) is 0 Å². The molecule has 1 aliphatic rings. The van der Waals surface area contributed by atoms with Gasteiger partial charge in [0, 0.05) is 12.1 Å². The van der Waals surface area contributed by atoms with Crippen LogP contribution in [0, 0.1) is 21.4 Å². The Balaban J connectivity index is 2.44. The van der Waals surface area contributed by atoms with Crippen molar-refractivity contribution in [2.75, 3.05) is 25.7 Å². The summed E-state index contributed by atoms with van der Waals surface area (Å²) < 4.78 is 40.8. The first-order chi connectivity index (χ1) is 17.7. The molecule has 0 radical (unpaired) electrons. The number of non-ortho nitro benzene ring substituents is 1. The lowest BCUT2D eigenvalue weighted by Crippen LogP contribution is -2.41. The number of esters is 2. The summed E-state index contributed by atoms with van der Waals surface area (Å²) in [4.78, 5) is 37.7. The Hall–Kier alpha value is -4.99. The van der Waals surface area contributed by atoms with Gasteiger partial charge in [0.05, 0.1) is 48.0 Å². The van der Waals surface area contributed by atoms with Crippen molar-refractivity contribution in [3.8, 4) is 11.8 Å². The number of rotatable bonds is 8. The highest BCUT2D eigenvalue weighted by atomic mass is 19.3. The zero-order valence-electron chi connectivity index (χ0n) is 19.5. The fraction of sp³-hybridized carbons (Fsp3) is 0.208. The average Bonchev–Trinajstić information content (AvgIpc) is 2.90. The third-order valence-electron chi connectivity index (χ3n) is 5.37. The van der Waals surface area contributed by atoms with Gasteiger partial charge in [-0.05, 0) is 11.6 Å². The van der Waals surface area contributed by atoms with Crippen LogP contribution < -0.4 is 15.4 Å². The van der Waals surface area contributed by atoms with Gasteiger partial charge >= 0.3 is 11.9 Å². The second kappa shape index (κ2) is 11.2. The van der Waals surface area contributed by atoms with Gasteiger partial charge in [-0.1, -0.05) is 30.3 Å². The topological polar surface area (TPSA) is 158 Å². The molecule has 1 aliphatic heterocycles. The summed E-state index contributed by atoms with van der Waals surface area (Å²) in [5, 5.41) is 21.6. The van der Waals surface area contributed by atoms with Crippen LogP contribution in [0.15, 0.2) is 71.2 Å². The number of hydrogen-bond acceptors (Lipinski definition) is 10. The standard InChI is InChI=1S/C24H20F2N4O7/c1-35-23(31)20-19(13-6-4-3-5-7-13)15(11-27)22(28)29(21(20)24(32)36-2)16-10-14(30(33)34)8-9-17(16)37-12-18(25)26/h3-10,18-19H,12,28H2,1-2H3. The zero-order chi connectivity index (χ0) is 27.3. The Kier molecular flexibility index (Phi) is 8.03. The van der Waals surface area contributed by atoms with Crippen LogP contribution in [-0.4, -0.2) is 44.1 Å². The Morgan fingerprint density at radius 1 is 1.16 bits per heavy atom. The maximum Gasteiger partial charge on any atom is 0.355 e. The number of carbonyl (C=O) groups excluding carboxylic acids is 2. The molecule has 1 heterocycles. The van der Waals surface area contributed by atoms with Gasteiger partial charge in [-0.2, -0.15) is 5.26 Å². The normalized spacial score (nSPS) is 15.4. The van der Waals surface area contributed by atoms with E-state index < -0.39 is 53.0 Å². The Morgan fingerprint density at radius 3 is 2.35 bits per heavy atom. The third-order valence-corrected chi connectivity index (χ3v) is 5.37. The number of alkyl halides is 2. The van der Waals surface area contributed by atoms with E-state index >= 15 is 0 Å². The van der Waals surface area contributed by atoms with Crippen molar-refractivity contribution >= 4 is 23.3 Å². The van der Waals surface area contributed by atoms with Gasteiger partial charge in [0.25, 0.3) is 12.1 Å². The first kappa shape index (κ1) is 26.6. The number of anilines is 1. The summed E-state index contributed by atoms with van der Waals surface area (Å²) in [6, 6.07) is 13.0. The second-order valence-corrected chi connectivity index (χ2v) is 7.45. The smallest absolute Gasteiger partial charge is 0.355 e. The molecule has 3 rings (SSSR count). The number of halogens is 2. The van der Waals surface area contributed by atoms with Crippen molar-refractivity contribution in [1.29, 1.82) is 5.26 Å². The van der Waals surface area contributed by atoms with E-state index in [0.717, 1.165) is 37.3 Å². The van der Waals surface area contributed by atoms with Gasteiger partial charge in [-0.3, -0.25) is 15.0 Å². The summed E-state index contributed by atoms with van der Waals surface area (Å²) >= 11 is 0. The van der Waals surface area contributed by atoms with E-state index in [9.17, 15) is 33.7 Å². The molecule has 0 fully saturated rings. The monoisotopic (exact) mass is 514 g/mol. The first-order valence-corrected chi connectivity index (χ1v) is 10.5. The zero-order valence-corrected chi connectivity index (χ0v) is 19.5. The van der Waals surface area contributed by atoms with Gasteiger partial charge in [0.1, 0.15) is 23.9 Å². The van der Waals surface area contributed by atoms with E-state index in [4.69, 9.17) is 19.9 Å². The average molecular weight is 514 g/mol. The molecule has 192 valence electrons. The van der Waals surface area contributed by atoms with Gasteiger partial charge in [-0.25, -0.2) is 18.4 Å². The van der Waals surface area contributed by atoms with E-state index in [2.05, 4.69) is 0 Å². The molecule has 13 heteroatoms. The van der Waals surface area contributed by atoms with Crippen LogP contribution in [0.25, 0.3) is 0 Å². The number of nitrogens with zero attached hydrogens (tertiary/aromatic N) is 3. The van der Waals surface area contributed by atoms with Crippen LogP contribution in [0.3, 0.4) is 0 Å². The molecule has 0 saturated heterocycles. The molecular weight excluding hydrogens is 494 g/mol. The van der Waals surface area contributed by atoms with Crippen LogP contribution >= 0.6 is 0 Å². The van der Waals surface area contributed by atoms with Gasteiger partial charge in [0.2, 0.25) is 0 Å². The molecule has 0 saturated carbocycles. The minimum absolute atomic E-state index is 0.217. The molecule has 2 aromatic carbocycles. The molecule has 1 unspecified atom stereocenters. The quantitative estimate of drug-likeness (QED) is 0.315.